The van der Waals surface area contributed by atoms with Gasteiger partial charge in [0.1, 0.15) is 0 Å². The van der Waals surface area contributed by atoms with Crippen molar-refractivity contribution in [3.8, 4) is 11.1 Å². The molecule has 0 heterocycles. The van der Waals surface area contributed by atoms with Crippen molar-refractivity contribution in [2.24, 2.45) is 0 Å². The topological polar surface area (TPSA) is 6.48 Å². The molecule has 1 aliphatic carbocycles. The molecule has 1 atom stereocenters. The lowest BCUT2D eigenvalue weighted by molar-refractivity contribution is 0.858. The molecule has 0 radical (unpaired) electrons. The Morgan fingerprint density at radius 2 is 0.755 bits per heavy atom. The van der Waals surface area contributed by atoms with E-state index < -0.39 is 8.07 Å². The van der Waals surface area contributed by atoms with Gasteiger partial charge in [-0.3, -0.25) is 0 Å². The van der Waals surface area contributed by atoms with Crippen LogP contribution in [0.4, 0.5) is 34.1 Å². The summed E-state index contributed by atoms with van der Waals surface area (Å²) < 4.78 is 0. The number of anilines is 6. The molecule has 0 amide bonds. The Hall–Kier alpha value is -6.16. The van der Waals surface area contributed by atoms with E-state index in [0.29, 0.717) is 0 Å². The summed E-state index contributed by atoms with van der Waals surface area (Å²) in [5, 5.41) is 2.22. The van der Waals surface area contributed by atoms with E-state index in [2.05, 4.69) is 230 Å². The van der Waals surface area contributed by atoms with Crippen molar-refractivity contribution in [2.75, 3.05) is 9.80 Å². The summed E-state index contributed by atoms with van der Waals surface area (Å²) in [6.07, 6.45) is 0. The number of hydrogen-bond donors (Lipinski definition) is 0. The largest absolute Gasteiger partial charge is 0.310 e. The third-order valence-electron chi connectivity index (χ3n) is 11.0. The van der Waals surface area contributed by atoms with Crippen LogP contribution < -0.4 is 9.80 Å². The molecule has 8 aromatic carbocycles. The fraction of sp³-hybridized carbons (Fsp3) is 0.0800. The number of hydrogen-bond acceptors (Lipinski definition) is 2. The molecule has 8 aromatic rings. The molecular formula is C50H42N2Si. The Morgan fingerprint density at radius 3 is 1.23 bits per heavy atom. The first-order valence-corrected chi connectivity index (χ1v) is 22.0. The molecule has 2 nitrogen and oxygen atoms in total. The van der Waals surface area contributed by atoms with Crippen molar-refractivity contribution in [3.05, 3.63) is 217 Å². The van der Waals surface area contributed by atoms with Crippen LogP contribution in [0.25, 0.3) is 21.9 Å². The Morgan fingerprint density at radius 1 is 0.340 bits per heavy atom. The maximum atomic E-state index is 2.55. The molecule has 0 fully saturated rings. The molecule has 256 valence electrons. The van der Waals surface area contributed by atoms with Crippen LogP contribution in [-0.2, 0) is 5.04 Å². The van der Waals surface area contributed by atoms with E-state index in [1.807, 2.05) is 0 Å². The smallest absolute Gasteiger partial charge is 0.0669 e. The van der Waals surface area contributed by atoms with Crippen LogP contribution in [0.1, 0.15) is 16.7 Å². The number of fused-ring (bicyclic) bond motifs is 4. The molecule has 0 aliphatic heterocycles. The first-order chi connectivity index (χ1) is 25.9. The van der Waals surface area contributed by atoms with Gasteiger partial charge in [0.05, 0.1) is 8.07 Å². The van der Waals surface area contributed by atoms with Gasteiger partial charge in [-0.1, -0.05) is 135 Å². The molecule has 0 spiro atoms. The molecule has 1 aliphatic rings. The van der Waals surface area contributed by atoms with Gasteiger partial charge in [0, 0.05) is 39.2 Å². The van der Waals surface area contributed by atoms with Crippen LogP contribution in [0, 0.1) is 0 Å². The van der Waals surface area contributed by atoms with Crippen molar-refractivity contribution >= 4 is 53.0 Å². The third-order valence-corrected chi connectivity index (χ3v) is 14.0. The zero-order valence-electron chi connectivity index (χ0n) is 30.4. The summed E-state index contributed by atoms with van der Waals surface area (Å²) >= 11 is 0. The van der Waals surface area contributed by atoms with E-state index in [1.54, 1.807) is 0 Å². The second kappa shape index (κ2) is 13.1. The Kier molecular flexibility index (Phi) is 8.09. The average molecular weight is 699 g/mol. The molecule has 0 saturated carbocycles. The molecule has 3 heteroatoms. The summed E-state index contributed by atoms with van der Waals surface area (Å²) in [6.45, 7) is 7.64. The fourth-order valence-electron chi connectivity index (χ4n) is 8.76. The molecule has 0 saturated heterocycles. The van der Waals surface area contributed by atoms with Crippen molar-refractivity contribution in [1.29, 1.82) is 0 Å². The minimum absolute atomic E-state index is 0.281. The summed E-state index contributed by atoms with van der Waals surface area (Å²) in [7, 11) is -2.09. The Labute approximate surface area is 314 Å². The lowest BCUT2D eigenvalue weighted by Gasteiger charge is -2.44. The van der Waals surface area contributed by atoms with E-state index in [1.165, 1.54) is 44.3 Å². The standard InChI is InChI=1S/C50H42N2Si/c1-53(2,3)50(39-19-9-4-10-20-39)48-35-38-33-44(51(40-21-11-5-12-22-40)41-23-13-6-14-24-41)30-29-37(38)34-47(48)46-32-31-45(36-49(46)50)52(42-25-15-7-16-26-42)43-27-17-8-18-28-43/h4-36H,1-3H3. The Balaban J connectivity index is 1.29. The first kappa shape index (κ1) is 32.7. The number of para-hydroxylation sites is 4. The summed E-state index contributed by atoms with van der Waals surface area (Å²) in [6, 6.07) is 73.4. The highest BCUT2D eigenvalue weighted by Gasteiger charge is 2.53. The van der Waals surface area contributed by atoms with Crippen molar-refractivity contribution in [3.63, 3.8) is 0 Å². The fourth-order valence-corrected chi connectivity index (χ4v) is 11.8. The minimum atomic E-state index is -2.09. The quantitative estimate of drug-likeness (QED) is 0.146. The summed E-state index contributed by atoms with van der Waals surface area (Å²) in [5.41, 5.74) is 13.7. The van der Waals surface area contributed by atoms with Gasteiger partial charge in [-0.05, 0) is 124 Å². The predicted octanol–water partition coefficient (Wildman–Crippen LogP) is 14.0. The van der Waals surface area contributed by atoms with Crippen LogP contribution in [0.5, 0.6) is 0 Å². The van der Waals surface area contributed by atoms with Gasteiger partial charge in [0.15, 0.2) is 0 Å². The highest BCUT2D eigenvalue weighted by Crippen LogP contribution is 2.59. The van der Waals surface area contributed by atoms with Gasteiger partial charge in [0.25, 0.3) is 0 Å². The maximum Gasteiger partial charge on any atom is 0.0669 e. The average Bonchev–Trinajstić information content (AvgIpc) is 3.49. The predicted molar refractivity (Wildman–Crippen MR) is 228 cm³/mol. The first-order valence-electron chi connectivity index (χ1n) is 18.5. The van der Waals surface area contributed by atoms with Gasteiger partial charge >= 0.3 is 0 Å². The second-order valence-corrected chi connectivity index (χ2v) is 20.3. The SMILES string of the molecule is C[Si](C)(C)C1(c2ccccc2)c2cc(N(c3ccccc3)c3ccccc3)ccc2-c2cc3ccc(N(c4ccccc4)c4ccccc4)cc3cc21. The van der Waals surface area contributed by atoms with Crippen LogP contribution >= 0.6 is 0 Å². The van der Waals surface area contributed by atoms with E-state index in [0.717, 1.165) is 28.4 Å². The highest BCUT2D eigenvalue weighted by atomic mass is 28.3. The molecule has 53 heavy (non-hydrogen) atoms. The van der Waals surface area contributed by atoms with Crippen molar-refractivity contribution in [2.45, 2.75) is 24.7 Å². The molecule has 0 N–H and O–H groups in total. The van der Waals surface area contributed by atoms with E-state index >= 15 is 0 Å². The summed E-state index contributed by atoms with van der Waals surface area (Å²) in [5.74, 6) is 0. The third kappa shape index (κ3) is 5.48. The minimum Gasteiger partial charge on any atom is -0.310 e. The maximum absolute atomic E-state index is 2.55. The normalized spacial score (nSPS) is 14.8. The van der Waals surface area contributed by atoms with E-state index in [9.17, 15) is 0 Å². The number of nitrogens with zero attached hydrogens (tertiary/aromatic N) is 2. The van der Waals surface area contributed by atoms with Gasteiger partial charge in [-0.15, -0.1) is 0 Å². The lowest BCUT2D eigenvalue weighted by atomic mass is 9.86. The second-order valence-electron chi connectivity index (χ2n) is 15.0. The zero-order valence-corrected chi connectivity index (χ0v) is 31.4. The number of benzene rings is 8. The van der Waals surface area contributed by atoms with Crippen LogP contribution in [-0.4, -0.2) is 8.07 Å². The summed E-state index contributed by atoms with van der Waals surface area (Å²) in [4.78, 5) is 4.76. The van der Waals surface area contributed by atoms with Crippen molar-refractivity contribution in [1.82, 2.24) is 0 Å². The molecule has 0 aromatic heterocycles. The van der Waals surface area contributed by atoms with Crippen LogP contribution in [0.3, 0.4) is 0 Å². The van der Waals surface area contributed by atoms with E-state index in [-0.39, 0.29) is 5.04 Å². The van der Waals surface area contributed by atoms with Gasteiger partial charge in [-0.25, -0.2) is 0 Å². The van der Waals surface area contributed by atoms with Gasteiger partial charge in [-0.2, -0.15) is 0 Å². The van der Waals surface area contributed by atoms with Crippen molar-refractivity contribution < 1.29 is 0 Å². The van der Waals surface area contributed by atoms with Gasteiger partial charge in [0.2, 0.25) is 0 Å². The van der Waals surface area contributed by atoms with Crippen LogP contribution in [0.2, 0.25) is 19.6 Å². The van der Waals surface area contributed by atoms with E-state index in [4.69, 9.17) is 0 Å². The monoisotopic (exact) mass is 698 g/mol. The van der Waals surface area contributed by atoms with Crippen LogP contribution in [0.15, 0.2) is 200 Å². The molecule has 1 unspecified atom stereocenters. The zero-order chi connectivity index (χ0) is 36.0. The molecule has 9 rings (SSSR count). The van der Waals surface area contributed by atoms with Gasteiger partial charge < -0.3 is 9.80 Å². The molecular weight excluding hydrogens is 657 g/mol. The highest BCUT2D eigenvalue weighted by molar-refractivity contribution is 6.81. The number of rotatable bonds is 8. The lowest BCUT2D eigenvalue weighted by Crippen LogP contribution is -2.50. The molecule has 0 bridgehead atoms. The Bertz CT molecular complexity index is 2450.